The molecule has 30 heavy (non-hydrogen) atoms. The lowest BCUT2D eigenvalue weighted by Crippen LogP contribution is -2.48. The zero-order valence-electron chi connectivity index (χ0n) is 17.4. The number of rotatable bonds is 4. The van der Waals surface area contributed by atoms with E-state index < -0.39 is 5.54 Å². The van der Waals surface area contributed by atoms with Crippen LogP contribution in [-0.4, -0.2) is 27.3 Å². The minimum atomic E-state index is -0.596. The SMILES string of the molecule is Cc1nc(C)c(C(=O)NC2(C#Cc3ccc(NC(=O)C4CC4)nc3)CCCCC2)o1. The third-order valence-corrected chi connectivity index (χ3v) is 5.58. The van der Waals surface area contributed by atoms with Crippen molar-refractivity contribution in [2.24, 2.45) is 5.92 Å². The summed E-state index contributed by atoms with van der Waals surface area (Å²) in [5, 5.41) is 5.93. The van der Waals surface area contributed by atoms with Gasteiger partial charge in [0, 0.05) is 24.6 Å². The third-order valence-electron chi connectivity index (χ3n) is 5.58. The standard InChI is InChI=1S/C23H26N4O3/c1-15-20(30-16(2)25-15)22(29)27-23(11-4-3-5-12-23)13-10-17-6-9-19(24-14-17)26-21(28)18-7-8-18/h6,9,14,18H,3-5,7-8,11-12H2,1-2H3,(H,27,29)(H,24,26,28). The van der Waals surface area contributed by atoms with Crippen molar-refractivity contribution in [3.63, 3.8) is 0 Å². The number of hydrogen-bond acceptors (Lipinski definition) is 5. The molecule has 2 amide bonds. The smallest absolute Gasteiger partial charge is 0.290 e. The maximum absolute atomic E-state index is 12.8. The number of pyridine rings is 1. The van der Waals surface area contributed by atoms with Crippen LogP contribution >= 0.6 is 0 Å². The van der Waals surface area contributed by atoms with Gasteiger partial charge in [-0.2, -0.15) is 0 Å². The summed E-state index contributed by atoms with van der Waals surface area (Å²) in [6.07, 6.45) is 8.30. The molecule has 2 saturated carbocycles. The average Bonchev–Trinajstić information content (AvgIpc) is 3.52. The van der Waals surface area contributed by atoms with Gasteiger partial charge in [0.25, 0.3) is 5.91 Å². The third kappa shape index (κ3) is 4.70. The first kappa shape index (κ1) is 20.1. The van der Waals surface area contributed by atoms with E-state index in [0.717, 1.165) is 50.5 Å². The fourth-order valence-corrected chi connectivity index (χ4v) is 3.76. The minimum absolute atomic E-state index is 0.0307. The quantitative estimate of drug-likeness (QED) is 0.757. The van der Waals surface area contributed by atoms with E-state index in [4.69, 9.17) is 4.42 Å². The van der Waals surface area contributed by atoms with Gasteiger partial charge in [0.2, 0.25) is 11.7 Å². The number of anilines is 1. The lowest BCUT2D eigenvalue weighted by atomic mass is 9.82. The number of aryl methyl sites for hydroxylation is 2. The Hall–Kier alpha value is -3.14. The second-order valence-corrected chi connectivity index (χ2v) is 8.19. The molecular formula is C23H26N4O3. The highest BCUT2D eigenvalue weighted by Crippen LogP contribution is 2.30. The van der Waals surface area contributed by atoms with Crippen LogP contribution in [0.4, 0.5) is 5.82 Å². The number of carbonyl (C=O) groups excluding carboxylic acids is 2. The molecule has 0 atom stereocenters. The van der Waals surface area contributed by atoms with E-state index in [9.17, 15) is 9.59 Å². The highest BCUT2D eigenvalue weighted by atomic mass is 16.4. The Kier molecular flexibility index (Phi) is 5.58. The summed E-state index contributed by atoms with van der Waals surface area (Å²) < 4.78 is 5.48. The molecular weight excluding hydrogens is 380 g/mol. The van der Waals surface area contributed by atoms with E-state index in [-0.39, 0.29) is 23.5 Å². The molecule has 0 saturated heterocycles. The van der Waals surface area contributed by atoms with Crippen LogP contribution in [0.2, 0.25) is 0 Å². The fourth-order valence-electron chi connectivity index (χ4n) is 3.76. The molecule has 2 heterocycles. The van der Waals surface area contributed by atoms with Crippen molar-refractivity contribution in [1.82, 2.24) is 15.3 Å². The molecule has 0 bridgehead atoms. The van der Waals surface area contributed by atoms with Crippen LogP contribution in [0, 0.1) is 31.6 Å². The van der Waals surface area contributed by atoms with Crippen molar-refractivity contribution in [2.45, 2.75) is 64.3 Å². The van der Waals surface area contributed by atoms with E-state index in [1.54, 1.807) is 26.1 Å². The number of carbonyl (C=O) groups is 2. The Labute approximate surface area is 176 Å². The predicted octanol–water partition coefficient (Wildman–Crippen LogP) is 3.52. The van der Waals surface area contributed by atoms with Gasteiger partial charge < -0.3 is 15.1 Å². The fraction of sp³-hybridized carbons (Fsp3) is 0.478. The zero-order chi connectivity index (χ0) is 21.1. The molecule has 2 aliphatic rings. The topological polar surface area (TPSA) is 97.1 Å². The minimum Gasteiger partial charge on any atom is -0.436 e. The van der Waals surface area contributed by atoms with Crippen LogP contribution in [0.3, 0.4) is 0 Å². The predicted molar refractivity (Wildman–Crippen MR) is 112 cm³/mol. The Morgan fingerprint density at radius 1 is 1.17 bits per heavy atom. The van der Waals surface area contributed by atoms with Crippen molar-refractivity contribution in [3.8, 4) is 11.8 Å². The number of aromatic nitrogens is 2. The van der Waals surface area contributed by atoms with E-state index in [1.165, 1.54) is 0 Å². The summed E-state index contributed by atoms with van der Waals surface area (Å²) in [4.78, 5) is 33.1. The Balaban J connectivity index is 1.49. The Morgan fingerprint density at radius 3 is 2.53 bits per heavy atom. The largest absolute Gasteiger partial charge is 0.436 e. The molecule has 0 aromatic carbocycles. The summed E-state index contributed by atoms with van der Waals surface area (Å²) >= 11 is 0. The van der Waals surface area contributed by atoms with Crippen LogP contribution < -0.4 is 10.6 Å². The van der Waals surface area contributed by atoms with Crippen molar-refractivity contribution in [1.29, 1.82) is 0 Å². The van der Waals surface area contributed by atoms with Crippen LogP contribution in [-0.2, 0) is 4.79 Å². The number of nitrogens with zero attached hydrogens (tertiary/aromatic N) is 2. The van der Waals surface area contributed by atoms with Gasteiger partial charge in [-0.3, -0.25) is 9.59 Å². The summed E-state index contributed by atoms with van der Waals surface area (Å²) in [6, 6.07) is 3.60. The highest BCUT2D eigenvalue weighted by molar-refractivity contribution is 5.93. The molecule has 7 nitrogen and oxygen atoms in total. The zero-order valence-corrected chi connectivity index (χ0v) is 17.4. The molecule has 0 aliphatic heterocycles. The van der Waals surface area contributed by atoms with Gasteiger partial charge in [0.05, 0.1) is 5.69 Å². The van der Waals surface area contributed by atoms with Gasteiger partial charge in [0.15, 0.2) is 5.89 Å². The lowest BCUT2D eigenvalue weighted by molar-refractivity contribution is -0.117. The summed E-state index contributed by atoms with van der Waals surface area (Å²) in [5.74, 6) is 7.60. The molecule has 2 N–H and O–H groups in total. The van der Waals surface area contributed by atoms with Crippen LogP contribution in [0.15, 0.2) is 22.7 Å². The Morgan fingerprint density at radius 2 is 1.93 bits per heavy atom. The number of nitrogens with one attached hydrogen (secondary N) is 2. The first-order chi connectivity index (χ1) is 14.4. The molecule has 0 spiro atoms. The highest BCUT2D eigenvalue weighted by Gasteiger charge is 2.33. The van der Waals surface area contributed by atoms with Crippen molar-refractivity contribution in [2.75, 3.05) is 5.32 Å². The molecule has 7 heteroatoms. The summed E-state index contributed by atoms with van der Waals surface area (Å²) in [7, 11) is 0. The first-order valence-electron chi connectivity index (χ1n) is 10.5. The maximum atomic E-state index is 12.8. The van der Waals surface area contributed by atoms with Gasteiger partial charge in [-0.1, -0.05) is 31.1 Å². The monoisotopic (exact) mass is 406 g/mol. The second-order valence-electron chi connectivity index (χ2n) is 8.19. The molecule has 156 valence electrons. The molecule has 2 aromatic rings. The lowest BCUT2D eigenvalue weighted by Gasteiger charge is -2.33. The molecule has 4 rings (SSSR count). The number of oxazole rings is 1. The number of amides is 2. The van der Waals surface area contributed by atoms with E-state index in [2.05, 4.69) is 32.4 Å². The second kappa shape index (κ2) is 8.31. The van der Waals surface area contributed by atoms with Crippen LogP contribution in [0.5, 0.6) is 0 Å². The Bertz CT molecular complexity index is 1000. The normalized spacial score (nSPS) is 17.5. The molecule has 2 aliphatic carbocycles. The van der Waals surface area contributed by atoms with E-state index in [0.29, 0.717) is 17.4 Å². The number of hydrogen-bond donors (Lipinski definition) is 2. The summed E-state index contributed by atoms with van der Waals surface area (Å²) in [5.41, 5.74) is 0.726. The average molecular weight is 406 g/mol. The van der Waals surface area contributed by atoms with Crippen molar-refractivity contribution < 1.29 is 14.0 Å². The maximum Gasteiger partial charge on any atom is 0.290 e. The van der Waals surface area contributed by atoms with Crippen LogP contribution in [0.25, 0.3) is 0 Å². The van der Waals surface area contributed by atoms with Crippen molar-refractivity contribution in [3.05, 3.63) is 41.2 Å². The van der Waals surface area contributed by atoms with Gasteiger partial charge >= 0.3 is 0 Å². The molecule has 0 radical (unpaired) electrons. The molecule has 0 unspecified atom stereocenters. The van der Waals surface area contributed by atoms with Gasteiger partial charge in [-0.25, -0.2) is 9.97 Å². The van der Waals surface area contributed by atoms with Crippen LogP contribution in [0.1, 0.15) is 72.6 Å². The molecule has 2 fully saturated rings. The van der Waals surface area contributed by atoms with E-state index in [1.807, 2.05) is 6.07 Å². The van der Waals surface area contributed by atoms with Gasteiger partial charge in [0.1, 0.15) is 11.4 Å². The van der Waals surface area contributed by atoms with Gasteiger partial charge in [-0.15, -0.1) is 0 Å². The van der Waals surface area contributed by atoms with Crippen molar-refractivity contribution >= 4 is 17.6 Å². The first-order valence-corrected chi connectivity index (χ1v) is 10.5. The van der Waals surface area contributed by atoms with Gasteiger partial charge in [-0.05, 0) is 44.7 Å². The summed E-state index contributed by atoms with van der Waals surface area (Å²) in [6.45, 7) is 3.49. The van der Waals surface area contributed by atoms with E-state index >= 15 is 0 Å². The molecule has 2 aromatic heterocycles.